The summed E-state index contributed by atoms with van der Waals surface area (Å²) in [5.74, 6) is 5.54. The summed E-state index contributed by atoms with van der Waals surface area (Å²) in [4.78, 5) is 8.59. The predicted octanol–water partition coefficient (Wildman–Crippen LogP) is 1.71. The highest BCUT2D eigenvalue weighted by Crippen LogP contribution is 2.24. The molecule has 0 fully saturated rings. The lowest BCUT2D eigenvalue weighted by Crippen LogP contribution is -2.28. The first-order valence-electron chi connectivity index (χ1n) is 5.05. The zero-order valence-electron chi connectivity index (χ0n) is 9.14. The summed E-state index contributed by atoms with van der Waals surface area (Å²) in [5, 5.41) is 0. The van der Waals surface area contributed by atoms with Gasteiger partial charge in [-0.15, -0.1) is 0 Å². The summed E-state index contributed by atoms with van der Waals surface area (Å²) < 4.78 is 0. The van der Waals surface area contributed by atoms with Crippen molar-refractivity contribution in [1.82, 2.24) is 15.4 Å². The van der Waals surface area contributed by atoms with Gasteiger partial charge >= 0.3 is 0 Å². The van der Waals surface area contributed by atoms with Crippen LogP contribution in [0.4, 0.5) is 0 Å². The molecule has 1 atom stereocenters. The van der Waals surface area contributed by atoms with Crippen LogP contribution in [0, 0.1) is 0 Å². The van der Waals surface area contributed by atoms with E-state index in [1.807, 2.05) is 25.1 Å². The Hall–Kier alpha value is -1.78. The maximum atomic E-state index is 5.54. The molecule has 4 nitrogen and oxygen atoms in total. The molecule has 0 aliphatic carbocycles. The number of hydrogen-bond donors (Lipinski definition) is 2. The van der Waals surface area contributed by atoms with E-state index in [2.05, 4.69) is 22.0 Å². The second-order valence-corrected chi connectivity index (χ2v) is 3.72. The van der Waals surface area contributed by atoms with E-state index in [9.17, 15) is 0 Å². The van der Waals surface area contributed by atoms with Crippen LogP contribution in [0.1, 0.15) is 18.5 Å². The van der Waals surface area contributed by atoms with E-state index in [1.54, 1.807) is 12.4 Å². The van der Waals surface area contributed by atoms with E-state index in [0.717, 1.165) is 22.2 Å². The molecule has 1 unspecified atom stereocenters. The smallest absolute Gasteiger partial charge is 0.0938 e. The molecular weight excluding hydrogens is 200 g/mol. The first kappa shape index (κ1) is 10.7. The predicted molar refractivity (Wildman–Crippen MR) is 64.4 cm³/mol. The maximum Gasteiger partial charge on any atom is 0.0938 e. The van der Waals surface area contributed by atoms with Gasteiger partial charge in [0.25, 0.3) is 0 Å². The standard InChI is InChI=1S/C12H14N4/c1-8(2)11(16-13)9-4-3-5-10-12(9)15-7-6-14-10/h3-7,11,16H,1,13H2,2H3. The monoisotopic (exact) mass is 214 g/mol. The van der Waals surface area contributed by atoms with Gasteiger partial charge in [0.1, 0.15) is 0 Å². The second-order valence-electron chi connectivity index (χ2n) is 3.72. The van der Waals surface area contributed by atoms with Gasteiger partial charge in [-0.05, 0) is 13.0 Å². The molecule has 1 aromatic carbocycles. The maximum absolute atomic E-state index is 5.54. The van der Waals surface area contributed by atoms with E-state index in [1.165, 1.54) is 0 Å². The van der Waals surface area contributed by atoms with Crippen LogP contribution < -0.4 is 11.3 Å². The SMILES string of the molecule is C=C(C)C(NN)c1cccc2nccnc12. The highest BCUT2D eigenvalue weighted by Gasteiger charge is 2.14. The number of nitrogens with one attached hydrogen (secondary N) is 1. The summed E-state index contributed by atoms with van der Waals surface area (Å²) in [6, 6.07) is 5.76. The van der Waals surface area contributed by atoms with Crippen LogP contribution in [0.25, 0.3) is 11.0 Å². The van der Waals surface area contributed by atoms with E-state index in [4.69, 9.17) is 5.84 Å². The van der Waals surface area contributed by atoms with E-state index in [-0.39, 0.29) is 6.04 Å². The van der Waals surface area contributed by atoms with Gasteiger partial charge < -0.3 is 0 Å². The van der Waals surface area contributed by atoms with Gasteiger partial charge in [-0.3, -0.25) is 15.8 Å². The van der Waals surface area contributed by atoms with Crippen molar-refractivity contribution in [3.63, 3.8) is 0 Å². The molecular formula is C12H14N4. The van der Waals surface area contributed by atoms with E-state index >= 15 is 0 Å². The summed E-state index contributed by atoms with van der Waals surface area (Å²) in [5.41, 5.74) is 6.41. The zero-order valence-corrected chi connectivity index (χ0v) is 9.14. The molecule has 0 amide bonds. The molecule has 2 rings (SSSR count). The highest BCUT2D eigenvalue weighted by atomic mass is 15.2. The van der Waals surface area contributed by atoms with Crippen molar-refractivity contribution < 1.29 is 0 Å². The second kappa shape index (κ2) is 4.38. The van der Waals surface area contributed by atoms with Crippen molar-refractivity contribution in [2.75, 3.05) is 0 Å². The van der Waals surface area contributed by atoms with Crippen molar-refractivity contribution in [1.29, 1.82) is 0 Å². The molecule has 4 heteroatoms. The molecule has 0 saturated heterocycles. The fraction of sp³-hybridized carbons (Fsp3) is 0.167. The number of nitrogens with zero attached hydrogens (tertiary/aromatic N) is 2. The van der Waals surface area contributed by atoms with Gasteiger partial charge in [-0.1, -0.05) is 24.3 Å². The Balaban J connectivity index is 2.63. The van der Waals surface area contributed by atoms with Gasteiger partial charge in [0.2, 0.25) is 0 Å². The number of nitrogens with two attached hydrogens (primary N) is 1. The number of hydrazine groups is 1. The van der Waals surface area contributed by atoms with E-state index in [0.29, 0.717) is 0 Å². The van der Waals surface area contributed by atoms with Crippen LogP contribution in [0.15, 0.2) is 42.7 Å². The Morgan fingerprint density at radius 1 is 1.38 bits per heavy atom. The van der Waals surface area contributed by atoms with Gasteiger partial charge in [-0.2, -0.15) is 0 Å². The molecule has 0 bridgehead atoms. The quantitative estimate of drug-likeness (QED) is 0.464. The number of benzene rings is 1. The van der Waals surface area contributed by atoms with Gasteiger partial charge in [-0.25, -0.2) is 5.43 Å². The van der Waals surface area contributed by atoms with Crippen molar-refractivity contribution in [3.05, 3.63) is 48.3 Å². The Labute approximate surface area is 94.2 Å². The Kier molecular flexibility index (Phi) is 2.94. The number of hydrogen-bond acceptors (Lipinski definition) is 4. The molecule has 16 heavy (non-hydrogen) atoms. The molecule has 1 aromatic heterocycles. The lowest BCUT2D eigenvalue weighted by atomic mass is 10.00. The average molecular weight is 214 g/mol. The van der Waals surface area contributed by atoms with Crippen LogP contribution in [0.3, 0.4) is 0 Å². The number of fused-ring (bicyclic) bond motifs is 1. The van der Waals surface area contributed by atoms with Gasteiger partial charge in [0, 0.05) is 18.0 Å². The van der Waals surface area contributed by atoms with Crippen molar-refractivity contribution in [2.24, 2.45) is 5.84 Å². The third kappa shape index (κ3) is 1.80. The Morgan fingerprint density at radius 3 is 2.81 bits per heavy atom. The molecule has 0 aliphatic rings. The van der Waals surface area contributed by atoms with Crippen LogP contribution in [0.5, 0.6) is 0 Å². The number of para-hydroxylation sites is 1. The highest BCUT2D eigenvalue weighted by molar-refractivity contribution is 5.78. The molecule has 0 spiro atoms. The Bertz CT molecular complexity index is 516. The fourth-order valence-electron chi connectivity index (χ4n) is 1.75. The largest absolute Gasteiger partial charge is 0.271 e. The molecule has 0 saturated carbocycles. The minimum atomic E-state index is -0.0969. The third-order valence-electron chi connectivity index (χ3n) is 2.50. The first-order valence-corrected chi connectivity index (χ1v) is 5.05. The lowest BCUT2D eigenvalue weighted by Gasteiger charge is -2.17. The van der Waals surface area contributed by atoms with Crippen LogP contribution in [0.2, 0.25) is 0 Å². The average Bonchev–Trinajstić information content (AvgIpc) is 2.30. The summed E-state index contributed by atoms with van der Waals surface area (Å²) >= 11 is 0. The zero-order chi connectivity index (χ0) is 11.5. The van der Waals surface area contributed by atoms with Crippen molar-refractivity contribution in [3.8, 4) is 0 Å². The van der Waals surface area contributed by atoms with Crippen LogP contribution in [-0.2, 0) is 0 Å². The molecule has 82 valence electrons. The lowest BCUT2D eigenvalue weighted by molar-refractivity contribution is 0.630. The summed E-state index contributed by atoms with van der Waals surface area (Å²) in [6.07, 6.45) is 3.36. The summed E-state index contributed by atoms with van der Waals surface area (Å²) in [6.45, 7) is 5.85. The number of aromatic nitrogens is 2. The fourth-order valence-corrected chi connectivity index (χ4v) is 1.75. The van der Waals surface area contributed by atoms with Gasteiger partial charge in [0.05, 0.1) is 17.1 Å². The topological polar surface area (TPSA) is 63.8 Å². The third-order valence-corrected chi connectivity index (χ3v) is 2.50. The Morgan fingerprint density at radius 2 is 2.12 bits per heavy atom. The molecule has 3 N–H and O–H groups in total. The van der Waals surface area contributed by atoms with Crippen molar-refractivity contribution in [2.45, 2.75) is 13.0 Å². The normalized spacial score (nSPS) is 12.6. The van der Waals surface area contributed by atoms with Crippen LogP contribution >= 0.6 is 0 Å². The molecule has 0 radical (unpaired) electrons. The number of rotatable bonds is 3. The molecule has 0 aliphatic heterocycles. The van der Waals surface area contributed by atoms with Crippen molar-refractivity contribution >= 4 is 11.0 Å². The molecule has 2 aromatic rings. The van der Waals surface area contributed by atoms with E-state index < -0.39 is 0 Å². The molecule has 1 heterocycles. The minimum Gasteiger partial charge on any atom is -0.271 e. The van der Waals surface area contributed by atoms with Crippen LogP contribution in [-0.4, -0.2) is 9.97 Å². The van der Waals surface area contributed by atoms with Gasteiger partial charge in [0.15, 0.2) is 0 Å². The minimum absolute atomic E-state index is 0.0969. The summed E-state index contributed by atoms with van der Waals surface area (Å²) in [7, 11) is 0. The first-order chi connectivity index (χ1) is 7.74.